The lowest BCUT2D eigenvalue weighted by Gasteiger charge is -2.33. The van der Waals surface area contributed by atoms with Crippen LogP contribution in [0, 0.1) is 12.8 Å². The highest BCUT2D eigenvalue weighted by Crippen LogP contribution is 2.31. The van der Waals surface area contributed by atoms with Gasteiger partial charge in [-0.2, -0.15) is 0 Å². The quantitative estimate of drug-likeness (QED) is 0.922. The van der Waals surface area contributed by atoms with Crippen LogP contribution in [0.1, 0.15) is 49.8 Å². The topological polar surface area (TPSA) is 32.3 Å². The molecule has 3 nitrogen and oxygen atoms in total. The number of amides is 1. The first kappa shape index (κ1) is 16.0. The number of likely N-dealkylation sites (tertiary alicyclic amines) is 1. The Morgan fingerprint density at radius 1 is 1.38 bits per heavy atom. The molecule has 1 amide bonds. The zero-order valence-electron chi connectivity index (χ0n) is 13.6. The predicted molar refractivity (Wildman–Crippen MR) is 87.2 cm³/mol. The molecule has 1 aromatic carbocycles. The average Bonchev–Trinajstić information content (AvgIpc) is 2.72. The standard InChI is InChI=1S/C18H28N2O/c1-14-8-7-9-16(12-14)17-10-5-4-6-11-20(17)18(21)15(2)13-19-3/h7-9,12,15,17,19H,4-6,10-11,13H2,1-3H3. The van der Waals surface area contributed by atoms with Gasteiger partial charge in [-0.3, -0.25) is 4.79 Å². The van der Waals surface area contributed by atoms with Crippen LogP contribution in [0.5, 0.6) is 0 Å². The number of hydrogen-bond donors (Lipinski definition) is 1. The van der Waals surface area contributed by atoms with Gasteiger partial charge in [-0.05, 0) is 32.4 Å². The van der Waals surface area contributed by atoms with E-state index in [1.54, 1.807) is 0 Å². The number of carbonyl (C=O) groups excluding carboxylic acids is 1. The monoisotopic (exact) mass is 288 g/mol. The number of carbonyl (C=O) groups is 1. The van der Waals surface area contributed by atoms with E-state index in [-0.39, 0.29) is 17.9 Å². The van der Waals surface area contributed by atoms with Crippen molar-refractivity contribution in [2.45, 2.75) is 45.6 Å². The minimum Gasteiger partial charge on any atom is -0.335 e. The third-order valence-corrected chi connectivity index (χ3v) is 4.39. The van der Waals surface area contributed by atoms with E-state index < -0.39 is 0 Å². The molecular weight excluding hydrogens is 260 g/mol. The van der Waals surface area contributed by atoms with Gasteiger partial charge in [0.05, 0.1) is 6.04 Å². The van der Waals surface area contributed by atoms with Crippen LogP contribution in [0.4, 0.5) is 0 Å². The maximum Gasteiger partial charge on any atom is 0.227 e. The normalized spacial score (nSPS) is 20.9. The minimum absolute atomic E-state index is 0.0420. The summed E-state index contributed by atoms with van der Waals surface area (Å²) in [6, 6.07) is 8.88. The largest absolute Gasteiger partial charge is 0.335 e. The third kappa shape index (κ3) is 4.07. The van der Waals surface area contributed by atoms with E-state index in [2.05, 4.69) is 41.4 Å². The molecule has 0 saturated carbocycles. The predicted octanol–water partition coefficient (Wildman–Crippen LogP) is 3.29. The van der Waals surface area contributed by atoms with Crippen LogP contribution in [0.3, 0.4) is 0 Å². The fourth-order valence-electron chi connectivity index (χ4n) is 3.27. The number of rotatable bonds is 4. The molecule has 1 fully saturated rings. The van der Waals surface area contributed by atoms with E-state index in [1.807, 2.05) is 14.0 Å². The highest BCUT2D eigenvalue weighted by Gasteiger charge is 2.29. The average molecular weight is 288 g/mol. The molecule has 2 unspecified atom stereocenters. The van der Waals surface area contributed by atoms with Crippen LogP contribution < -0.4 is 5.32 Å². The van der Waals surface area contributed by atoms with Crippen molar-refractivity contribution in [1.82, 2.24) is 10.2 Å². The van der Waals surface area contributed by atoms with Gasteiger partial charge in [0, 0.05) is 19.0 Å². The second kappa shape index (κ2) is 7.60. The van der Waals surface area contributed by atoms with Crippen molar-refractivity contribution in [3.63, 3.8) is 0 Å². The molecule has 0 radical (unpaired) electrons. The van der Waals surface area contributed by atoms with Gasteiger partial charge in [-0.1, -0.05) is 49.6 Å². The highest BCUT2D eigenvalue weighted by molar-refractivity contribution is 5.79. The fourth-order valence-corrected chi connectivity index (χ4v) is 3.27. The molecular formula is C18H28N2O. The van der Waals surface area contributed by atoms with Crippen molar-refractivity contribution in [2.24, 2.45) is 5.92 Å². The van der Waals surface area contributed by atoms with Crippen molar-refractivity contribution in [2.75, 3.05) is 20.1 Å². The molecule has 2 rings (SSSR count). The molecule has 1 aliphatic rings. The highest BCUT2D eigenvalue weighted by atomic mass is 16.2. The van der Waals surface area contributed by atoms with Crippen LogP contribution >= 0.6 is 0 Å². The van der Waals surface area contributed by atoms with Crippen LogP contribution in [0.25, 0.3) is 0 Å². The molecule has 0 aliphatic carbocycles. The summed E-state index contributed by atoms with van der Waals surface area (Å²) in [5.41, 5.74) is 2.56. The van der Waals surface area contributed by atoms with Crippen LogP contribution in [-0.4, -0.2) is 30.9 Å². The van der Waals surface area contributed by atoms with E-state index in [1.165, 1.54) is 24.0 Å². The molecule has 3 heteroatoms. The van der Waals surface area contributed by atoms with Crippen molar-refractivity contribution in [3.05, 3.63) is 35.4 Å². The Morgan fingerprint density at radius 2 is 2.19 bits per heavy atom. The molecule has 21 heavy (non-hydrogen) atoms. The maximum atomic E-state index is 12.8. The van der Waals surface area contributed by atoms with Gasteiger partial charge in [-0.25, -0.2) is 0 Å². The molecule has 1 aromatic rings. The summed E-state index contributed by atoms with van der Waals surface area (Å²) >= 11 is 0. The van der Waals surface area contributed by atoms with Gasteiger partial charge in [0.15, 0.2) is 0 Å². The number of nitrogens with one attached hydrogen (secondary N) is 1. The smallest absolute Gasteiger partial charge is 0.227 e. The van der Waals surface area contributed by atoms with Crippen LogP contribution in [0.2, 0.25) is 0 Å². The summed E-state index contributed by atoms with van der Waals surface area (Å²) < 4.78 is 0. The summed E-state index contributed by atoms with van der Waals surface area (Å²) in [5, 5.41) is 3.12. The number of nitrogens with zero attached hydrogens (tertiary/aromatic N) is 1. The lowest BCUT2D eigenvalue weighted by atomic mass is 9.98. The number of hydrogen-bond acceptors (Lipinski definition) is 2. The Balaban J connectivity index is 2.23. The fraction of sp³-hybridized carbons (Fsp3) is 0.611. The summed E-state index contributed by atoms with van der Waals surface area (Å²) in [4.78, 5) is 14.9. The van der Waals surface area contributed by atoms with Crippen LogP contribution in [-0.2, 0) is 4.79 Å². The minimum atomic E-state index is 0.0420. The zero-order valence-corrected chi connectivity index (χ0v) is 13.6. The number of benzene rings is 1. The van der Waals surface area contributed by atoms with E-state index >= 15 is 0 Å². The Kier molecular flexibility index (Phi) is 5.80. The SMILES string of the molecule is CNCC(C)C(=O)N1CCCCCC1c1cccc(C)c1. The zero-order chi connectivity index (χ0) is 15.2. The lowest BCUT2D eigenvalue weighted by molar-refractivity contribution is -0.137. The maximum absolute atomic E-state index is 12.8. The Hall–Kier alpha value is -1.35. The van der Waals surface area contributed by atoms with Gasteiger partial charge in [-0.15, -0.1) is 0 Å². The van der Waals surface area contributed by atoms with E-state index in [0.29, 0.717) is 0 Å². The first-order valence-electron chi connectivity index (χ1n) is 8.15. The molecule has 2 atom stereocenters. The lowest BCUT2D eigenvalue weighted by Crippen LogP contribution is -2.40. The van der Waals surface area contributed by atoms with Crippen molar-refractivity contribution < 1.29 is 4.79 Å². The Labute approximate surface area is 128 Å². The third-order valence-electron chi connectivity index (χ3n) is 4.39. The van der Waals surface area contributed by atoms with E-state index in [0.717, 1.165) is 25.9 Å². The molecule has 0 spiro atoms. The van der Waals surface area contributed by atoms with E-state index in [4.69, 9.17) is 0 Å². The molecule has 1 aliphatic heterocycles. The van der Waals surface area contributed by atoms with Gasteiger partial charge in [0.25, 0.3) is 0 Å². The molecule has 1 N–H and O–H groups in total. The Bertz CT molecular complexity index is 472. The second-order valence-corrected chi connectivity index (χ2v) is 6.27. The second-order valence-electron chi connectivity index (χ2n) is 6.27. The molecule has 116 valence electrons. The van der Waals surface area contributed by atoms with Gasteiger partial charge >= 0.3 is 0 Å². The van der Waals surface area contributed by atoms with Gasteiger partial charge < -0.3 is 10.2 Å². The summed E-state index contributed by atoms with van der Waals surface area (Å²) in [6.45, 7) is 5.79. The molecule has 0 aromatic heterocycles. The first-order valence-corrected chi connectivity index (χ1v) is 8.15. The molecule has 1 heterocycles. The summed E-state index contributed by atoms with van der Waals surface area (Å²) in [5.74, 6) is 0.332. The van der Waals surface area contributed by atoms with Crippen molar-refractivity contribution in [3.8, 4) is 0 Å². The Morgan fingerprint density at radius 3 is 2.90 bits per heavy atom. The molecule has 1 saturated heterocycles. The number of aryl methyl sites for hydroxylation is 1. The van der Waals surface area contributed by atoms with Gasteiger partial charge in [0.2, 0.25) is 5.91 Å². The summed E-state index contributed by atoms with van der Waals surface area (Å²) in [6.07, 6.45) is 4.65. The van der Waals surface area contributed by atoms with Gasteiger partial charge in [0.1, 0.15) is 0 Å². The summed E-state index contributed by atoms with van der Waals surface area (Å²) in [7, 11) is 1.91. The first-order chi connectivity index (χ1) is 10.1. The van der Waals surface area contributed by atoms with E-state index in [9.17, 15) is 4.79 Å². The van der Waals surface area contributed by atoms with Crippen molar-refractivity contribution in [1.29, 1.82) is 0 Å². The van der Waals surface area contributed by atoms with Crippen LogP contribution in [0.15, 0.2) is 24.3 Å². The van der Waals surface area contributed by atoms with Crippen molar-refractivity contribution >= 4 is 5.91 Å². The molecule has 0 bridgehead atoms.